The number of nitrogens with one attached hydrogen (secondary N) is 1. The van der Waals surface area contributed by atoms with Crippen LogP contribution in [0.25, 0.3) is 0 Å². The lowest BCUT2D eigenvalue weighted by Gasteiger charge is -2.29. The minimum absolute atomic E-state index is 0.0643. The average Bonchev–Trinajstić information content (AvgIpc) is 2.64. The molecule has 1 aromatic rings. The number of carbonyl (C=O) groups excluding carboxylic acids is 2. The van der Waals surface area contributed by atoms with Gasteiger partial charge in [0.15, 0.2) is 0 Å². The third kappa shape index (κ3) is 6.36. The van der Waals surface area contributed by atoms with Crippen LogP contribution in [0, 0.1) is 0 Å². The molecule has 1 aromatic carbocycles. The average molecular weight is 349 g/mol. The van der Waals surface area contributed by atoms with Crippen molar-refractivity contribution in [1.82, 2.24) is 15.1 Å². The van der Waals surface area contributed by atoms with E-state index in [-0.39, 0.29) is 18.4 Å². The molecule has 0 atom stereocenters. The number of benzene rings is 1. The van der Waals surface area contributed by atoms with Crippen LogP contribution < -0.4 is 10.1 Å². The lowest BCUT2D eigenvalue weighted by Crippen LogP contribution is -2.45. The SMILES string of the molecule is COc1ccccc1CNC(=O)CN(CCN1CCOCC1)C(C)=O. The molecule has 1 saturated heterocycles. The number of nitrogens with zero attached hydrogens (tertiary/aromatic N) is 2. The van der Waals surface area contributed by atoms with E-state index in [9.17, 15) is 9.59 Å². The molecule has 7 nitrogen and oxygen atoms in total. The Balaban J connectivity index is 1.79. The molecule has 25 heavy (non-hydrogen) atoms. The number of ether oxygens (including phenoxy) is 2. The summed E-state index contributed by atoms with van der Waals surface area (Å²) in [4.78, 5) is 27.8. The molecule has 7 heteroatoms. The maximum absolute atomic E-state index is 12.2. The Morgan fingerprint density at radius 3 is 2.68 bits per heavy atom. The van der Waals surface area contributed by atoms with Gasteiger partial charge in [0.05, 0.1) is 26.9 Å². The van der Waals surface area contributed by atoms with Crippen LogP contribution >= 0.6 is 0 Å². The van der Waals surface area contributed by atoms with Gasteiger partial charge in [0.2, 0.25) is 11.8 Å². The maximum Gasteiger partial charge on any atom is 0.239 e. The first kappa shape index (κ1) is 19.2. The molecule has 0 spiro atoms. The predicted octanol–water partition coefficient (Wildman–Crippen LogP) is 0.492. The number of morpholine rings is 1. The van der Waals surface area contributed by atoms with Crippen molar-refractivity contribution >= 4 is 11.8 Å². The summed E-state index contributed by atoms with van der Waals surface area (Å²) in [6.45, 7) is 6.40. The van der Waals surface area contributed by atoms with Gasteiger partial charge in [-0.05, 0) is 6.07 Å². The van der Waals surface area contributed by atoms with Gasteiger partial charge in [0.25, 0.3) is 0 Å². The standard InChI is InChI=1S/C18H27N3O4/c1-15(22)21(8-7-20-9-11-25-12-10-20)14-18(23)19-13-16-5-3-4-6-17(16)24-2/h3-6H,7-14H2,1-2H3,(H,19,23). The molecule has 0 aliphatic carbocycles. The quantitative estimate of drug-likeness (QED) is 0.740. The fourth-order valence-corrected chi connectivity index (χ4v) is 2.71. The van der Waals surface area contributed by atoms with Crippen molar-refractivity contribution in [2.24, 2.45) is 0 Å². The minimum atomic E-state index is -0.178. The second kappa shape index (κ2) is 10.0. The smallest absolute Gasteiger partial charge is 0.239 e. The van der Waals surface area contributed by atoms with E-state index in [0.717, 1.165) is 44.2 Å². The van der Waals surface area contributed by atoms with Gasteiger partial charge in [-0.2, -0.15) is 0 Å². The lowest BCUT2D eigenvalue weighted by atomic mass is 10.2. The van der Waals surface area contributed by atoms with Crippen LogP contribution in [0.2, 0.25) is 0 Å². The highest BCUT2D eigenvalue weighted by molar-refractivity contribution is 5.83. The monoisotopic (exact) mass is 349 g/mol. The third-order valence-electron chi connectivity index (χ3n) is 4.24. The number of hydrogen-bond donors (Lipinski definition) is 1. The van der Waals surface area contributed by atoms with Gasteiger partial charge < -0.3 is 19.7 Å². The molecule has 138 valence electrons. The Hall–Kier alpha value is -2.12. The van der Waals surface area contributed by atoms with E-state index in [1.165, 1.54) is 6.92 Å². The van der Waals surface area contributed by atoms with Crippen molar-refractivity contribution in [3.8, 4) is 5.75 Å². The molecule has 1 aliphatic rings. The molecule has 1 heterocycles. The molecule has 0 aromatic heterocycles. The Kier molecular flexibility index (Phi) is 7.69. The fraction of sp³-hybridized carbons (Fsp3) is 0.556. The number of rotatable bonds is 8. The first-order valence-corrected chi connectivity index (χ1v) is 8.54. The molecule has 0 radical (unpaired) electrons. The maximum atomic E-state index is 12.2. The molecule has 2 amide bonds. The zero-order valence-corrected chi connectivity index (χ0v) is 15.0. The van der Waals surface area contributed by atoms with Gasteiger partial charge >= 0.3 is 0 Å². The molecule has 0 bridgehead atoms. The Morgan fingerprint density at radius 2 is 2.00 bits per heavy atom. The molecule has 0 saturated carbocycles. The van der Waals surface area contributed by atoms with Gasteiger partial charge in [0, 0.05) is 45.2 Å². The highest BCUT2D eigenvalue weighted by Crippen LogP contribution is 2.16. The summed E-state index contributed by atoms with van der Waals surface area (Å²) < 4.78 is 10.6. The van der Waals surface area contributed by atoms with Crippen molar-refractivity contribution < 1.29 is 19.1 Å². The second-order valence-electron chi connectivity index (χ2n) is 5.98. The van der Waals surface area contributed by atoms with Gasteiger partial charge in [-0.1, -0.05) is 18.2 Å². The van der Waals surface area contributed by atoms with Crippen LogP contribution in [-0.2, 0) is 20.9 Å². The van der Waals surface area contributed by atoms with Crippen LogP contribution in [0.5, 0.6) is 5.75 Å². The van der Waals surface area contributed by atoms with Crippen molar-refractivity contribution in [3.63, 3.8) is 0 Å². The molecule has 1 N–H and O–H groups in total. The molecule has 0 unspecified atom stereocenters. The summed E-state index contributed by atoms with van der Waals surface area (Å²) in [5, 5.41) is 2.85. The van der Waals surface area contributed by atoms with Crippen LogP contribution in [0.3, 0.4) is 0 Å². The molecule has 1 aliphatic heterocycles. The van der Waals surface area contributed by atoms with Gasteiger partial charge in [-0.3, -0.25) is 14.5 Å². The molecule has 2 rings (SSSR count). The number of methoxy groups -OCH3 is 1. The first-order valence-electron chi connectivity index (χ1n) is 8.54. The molecular weight excluding hydrogens is 322 g/mol. The van der Waals surface area contributed by atoms with E-state index in [1.54, 1.807) is 12.0 Å². The fourth-order valence-electron chi connectivity index (χ4n) is 2.71. The van der Waals surface area contributed by atoms with E-state index in [0.29, 0.717) is 13.1 Å². The van der Waals surface area contributed by atoms with Crippen LogP contribution in [0.1, 0.15) is 12.5 Å². The minimum Gasteiger partial charge on any atom is -0.496 e. The number of carbonyl (C=O) groups is 2. The van der Waals surface area contributed by atoms with E-state index in [1.807, 2.05) is 24.3 Å². The summed E-state index contributed by atoms with van der Waals surface area (Å²) >= 11 is 0. The topological polar surface area (TPSA) is 71.1 Å². The number of para-hydroxylation sites is 1. The van der Waals surface area contributed by atoms with Crippen LogP contribution in [-0.4, -0.2) is 74.7 Å². The van der Waals surface area contributed by atoms with Gasteiger partial charge in [-0.15, -0.1) is 0 Å². The molecular formula is C18H27N3O4. The van der Waals surface area contributed by atoms with E-state index in [4.69, 9.17) is 9.47 Å². The van der Waals surface area contributed by atoms with Crippen molar-refractivity contribution in [2.75, 3.05) is 53.0 Å². The Bertz CT molecular complexity index is 573. The molecule has 1 fully saturated rings. The normalized spacial score (nSPS) is 14.8. The second-order valence-corrected chi connectivity index (χ2v) is 5.98. The summed E-state index contributed by atoms with van der Waals surface area (Å²) in [5.74, 6) is 0.460. The Morgan fingerprint density at radius 1 is 1.28 bits per heavy atom. The highest BCUT2D eigenvalue weighted by atomic mass is 16.5. The summed E-state index contributed by atoms with van der Waals surface area (Å²) in [5.41, 5.74) is 0.904. The number of hydrogen-bond acceptors (Lipinski definition) is 5. The summed E-state index contributed by atoms with van der Waals surface area (Å²) in [6.07, 6.45) is 0. The zero-order chi connectivity index (χ0) is 18.1. The van der Waals surface area contributed by atoms with E-state index >= 15 is 0 Å². The third-order valence-corrected chi connectivity index (χ3v) is 4.24. The van der Waals surface area contributed by atoms with Crippen molar-refractivity contribution in [1.29, 1.82) is 0 Å². The van der Waals surface area contributed by atoms with Crippen molar-refractivity contribution in [3.05, 3.63) is 29.8 Å². The summed E-state index contributed by atoms with van der Waals surface area (Å²) in [6, 6.07) is 7.54. The van der Waals surface area contributed by atoms with Crippen molar-refractivity contribution in [2.45, 2.75) is 13.5 Å². The van der Waals surface area contributed by atoms with Gasteiger partial charge in [0.1, 0.15) is 5.75 Å². The highest BCUT2D eigenvalue weighted by Gasteiger charge is 2.16. The lowest BCUT2D eigenvalue weighted by molar-refractivity contribution is -0.134. The van der Waals surface area contributed by atoms with E-state index in [2.05, 4.69) is 10.2 Å². The van der Waals surface area contributed by atoms with Crippen LogP contribution in [0.15, 0.2) is 24.3 Å². The van der Waals surface area contributed by atoms with Gasteiger partial charge in [-0.25, -0.2) is 0 Å². The predicted molar refractivity (Wildman–Crippen MR) is 94.4 cm³/mol. The van der Waals surface area contributed by atoms with E-state index < -0.39 is 0 Å². The largest absolute Gasteiger partial charge is 0.496 e. The zero-order valence-electron chi connectivity index (χ0n) is 15.0. The first-order chi connectivity index (χ1) is 12.1. The number of amides is 2. The van der Waals surface area contributed by atoms with Crippen LogP contribution in [0.4, 0.5) is 0 Å². The summed E-state index contributed by atoms with van der Waals surface area (Å²) in [7, 11) is 1.60. The Labute approximate surface area is 148 Å².